The lowest BCUT2D eigenvalue weighted by Gasteiger charge is -2.31. The number of nitrogens with zero attached hydrogens (tertiary/aromatic N) is 4. The summed E-state index contributed by atoms with van der Waals surface area (Å²) in [5.74, 6) is 0.100. The number of hydrogen-bond donors (Lipinski definition) is 1. The lowest BCUT2D eigenvalue weighted by Crippen LogP contribution is -2.44. The highest BCUT2D eigenvalue weighted by Crippen LogP contribution is 2.35. The Hall–Kier alpha value is -3.29. The Labute approximate surface area is 185 Å². The van der Waals surface area contributed by atoms with Crippen molar-refractivity contribution in [1.82, 2.24) is 24.6 Å². The topological polar surface area (TPSA) is 101 Å². The highest BCUT2D eigenvalue weighted by molar-refractivity contribution is 5.91. The molecule has 1 aromatic carbocycles. The van der Waals surface area contributed by atoms with Crippen LogP contribution in [0.15, 0.2) is 33.9 Å². The number of fused-ring (bicyclic) bond motifs is 4. The molecule has 2 aliphatic heterocycles. The number of carbonyl (C=O) groups is 1. The number of rotatable bonds is 3. The minimum absolute atomic E-state index is 0.00240. The van der Waals surface area contributed by atoms with Gasteiger partial charge in [-0.2, -0.15) is 5.10 Å². The fourth-order valence-electron chi connectivity index (χ4n) is 5.36. The number of hydrogen-bond acceptors (Lipinski definition) is 5. The van der Waals surface area contributed by atoms with Crippen LogP contribution in [0.25, 0.3) is 10.8 Å². The predicted octanol–water partition coefficient (Wildman–Crippen LogP) is 2.07. The van der Waals surface area contributed by atoms with Crippen molar-refractivity contribution in [3.05, 3.63) is 67.7 Å². The Bertz CT molecular complexity index is 1340. The first-order chi connectivity index (χ1) is 15.4. The minimum Gasteiger partial charge on any atom is -0.335 e. The summed E-state index contributed by atoms with van der Waals surface area (Å²) in [5, 5.41) is 5.89. The van der Waals surface area contributed by atoms with Crippen molar-refractivity contribution < 1.29 is 4.79 Å². The van der Waals surface area contributed by atoms with Crippen LogP contribution >= 0.6 is 0 Å². The average Bonchev–Trinajstić information content (AvgIpc) is 3.08. The first-order valence-corrected chi connectivity index (χ1v) is 11.3. The molecule has 5 rings (SSSR count). The molecular weight excluding hydrogens is 406 g/mol. The van der Waals surface area contributed by atoms with Gasteiger partial charge in [-0.25, -0.2) is 9.67 Å². The van der Waals surface area contributed by atoms with E-state index in [0.29, 0.717) is 41.9 Å². The smallest absolute Gasteiger partial charge is 0.274 e. The lowest BCUT2D eigenvalue weighted by atomic mass is 9.98. The van der Waals surface area contributed by atoms with Crippen molar-refractivity contribution in [2.75, 3.05) is 0 Å². The van der Waals surface area contributed by atoms with Crippen LogP contribution in [0.3, 0.4) is 0 Å². The van der Waals surface area contributed by atoms with Crippen LogP contribution in [-0.2, 0) is 24.2 Å². The van der Waals surface area contributed by atoms with Gasteiger partial charge in [-0.15, -0.1) is 0 Å². The van der Waals surface area contributed by atoms with Gasteiger partial charge in [0.2, 0.25) is 5.91 Å². The zero-order valence-corrected chi connectivity index (χ0v) is 18.6. The van der Waals surface area contributed by atoms with E-state index in [0.717, 1.165) is 23.9 Å². The maximum Gasteiger partial charge on any atom is 0.274 e. The summed E-state index contributed by atoms with van der Waals surface area (Å²) in [6, 6.07) is 7.35. The molecule has 2 aromatic heterocycles. The summed E-state index contributed by atoms with van der Waals surface area (Å²) in [4.78, 5) is 48.5. The number of amides is 1. The van der Waals surface area contributed by atoms with Gasteiger partial charge in [0.1, 0.15) is 5.82 Å². The second kappa shape index (κ2) is 7.69. The molecular formula is C24H27N5O3. The Morgan fingerprint density at radius 2 is 1.84 bits per heavy atom. The SMILES string of the molecule is CCn1nc([C@H](C)C(=O)N2[C@@H]3CC[C@H]2Cc2c(nc(C)[nH]c2=O)C3)c2ccccc2c1=O. The van der Waals surface area contributed by atoms with Gasteiger partial charge >= 0.3 is 0 Å². The maximum absolute atomic E-state index is 13.8. The summed E-state index contributed by atoms with van der Waals surface area (Å²) in [7, 11) is 0. The summed E-state index contributed by atoms with van der Waals surface area (Å²) in [6.07, 6.45) is 2.89. The second-order valence-corrected chi connectivity index (χ2v) is 8.89. The van der Waals surface area contributed by atoms with E-state index in [-0.39, 0.29) is 29.1 Å². The number of aryl methyl sites for hydroxylation is 2. The van der Waals surface area contributed by atoms with Gasteiger partial charge < -0.3 is 9.88 Å². The molecule has 0 radical (unpaired) electrons. The standard InChI is InChI=1S/C24H27N5O3/c1-4-28-24(32)18-8-6-5-7-17(18)21(27-28)13(2)23(31)29-15-9-10-16(29)12-20-19(11-15)22(30)26-14(3)25-20/h5-8,13,15-16H,4,9-12H2,1-3H3,(H,25,26,30)/t13-,15-,16+/m0/s1. The third kappa shape index (κ3) is 3.16. The van der Waals surface area contributed by atoms with E-state index in [1.54, 1.807) is 13.0 Å². The van der Waals surface area contributed by atoms with Gasteiger partial charge in [0, 0.05) is 42.4 Å². The van der Waals surface area contributed by atoms with Crippen LogP contribution in [0.2, 0.25) is 0 Å². The van der Waals surface area contributed by atoms with Crippen molar-refractivity contribution in [2.45, 2.75) is 71.0 Å². The van der Waals surface area contributed by atoms with Gasteiger partial charge in [0.15, 0.2) is 0 Å². The Kier molecular flexibility index (Phi) is 4.95. The molecule has 8 heteroatoms. The van der Waals surface area contributed by atoms with Crippen molar-refractivity contribution in [1.29, 1.82) is 0 Å². The molecule has 0 unspecified atom stereocenters. The average molecular weight is 434 g/mol. The van der Waals surface area contributed by atoms with Gasteiger partial charge in [-0.3, -0.25) is 14.4 Å². The summed E-state index contributed by atoms with van der Waals surface area (Å²) < 4.78 is 1.43. The molecule has 3 atom stereocenters. The van der Waals surface area contributed by atoms with Crippen LogP contribution < -0.4 is 11.1 Å². The van der Waals surface area contributed by atoms with Crippen LogP contribution in [0.1, 0.15) is 55.4 Å². The monoisotopic (exact) mass is 433 g/mol. The van der Waals surface area contributed by atoms with Gasteiger partial charge in [0.05, 0.1) is 22.7 Å². The molecule has 0 aliphatic carbocycles. The molecule has 166 valence electrons. The quantitative estimate of drug-likeness (QED) is 0.681. The summed E-state index contributed by atoms with van der Waals surface area (Å²) in [5.41, 5.74) is 1.91. The molecule has 0 saturated carbocycles. The molecule has 2 aliphatic rings. The fourth-order valence-corrected chi connectivity index (χ4v) is 5.36. The van der Waals surface area contributed by atoms with E-state index in [1.165, 1.54) is 4.68 Å². The molecule has 32 heavy (non-hydrogen) atoms. The van der Waals surface area contributed by atoms with Crippen molar-refractivity contribution >= 4 is 16.7 Å². The highest BCUT2D eigenvalue weighted by atomic mass is 16.2. The third-order valence-electron chi connectivity index (χ3n) is 6.94. The minimum atomic E-state index is -0.504. The second-order valence-electron chi connectivity index (χ2n) is 8.89. The first kappa shape index (κ1) is 20.6. The number of H-pyrrole nitrogens is 1. The van der Waals surface area contributed by atoms with Crippen molar-refractivity contribution in [3.63, 3.8) is 0 Å². The highest BCUT2D eigenvalue weighted by Gasteiger charge is 2.42. The molecule has 1 saturated heterocycles. The van der Waals surface area contributed by atoms with E-state index < -0.39 is 5.92 Å². The molecule has 1 amide bonds. The number of aromatic amines is 1. The fraction of sp³-hybridized carbons (Fsp3) is 0.458. The zero-order valence-electron chi connectivity index (χ0n) is 18.6. The molecule has 1 N–H and O–H groups in total. The molecule has 8 nitrogen and oxygen atoms in total. The Morgan fingerprint density at radius 1 is 1.16 bits per heavy atom. The van der Waals surface area contributed by atoms with Gasteiger partial charge in [0.25, 0.3) is 11.1 Å². The number of aromatic nitrogens is 4. The normalized spacial score (nSPS) is 20.8. The van der Waals surface area contributed by atoms with E-state index in [1.807, 2.05) is 36.9 Å². The first-order valence-electron chi connectivity index (χ1n) is 11.3. The Balaban J connectivity index is 1.54. The summed E-state index contributed by atoms with van der Waals surface area (Å²) in [6.45, 7) is 5.97. The number of nitrogens with one attached hydrogen (secondary N) is 1. The number of benzene rings is 1. The largest absolute Gasteiger partial charge is 0.335 e. The Morgan fingerprint density at radius 3 is 2.56 bits per heavy atom. The van der Waals surface area contributed by atoms with Crippen LogP contribution in [0.4, 0.5) is 0 Å². The van der Waals surface area contributed by atoms with E-state index in [4.69, 9.17) is 0 Å². The molecule has 4 heterocycles. The van der Waals surface area contributed by atoms with Crippen molar-refractivity contribution in [2.24, 2.45) is 0 Å². The van der Waals surface area contributed by atoms with E-state index in [9.17, 15) is 14.4 Å². The summed E-state index contributed by atoms with van der Waals surface area (Å²) >= 11 is 0. The van der Waals surface area contributed by atoms with E-state index in [2.05, 4.69) is 15.1 Å². The molecule has 3 aromatic rings. The lowest BCUT2D eigenvalue weighted by molar-refractivity contribution is -0.135. The van der Waals surface area contributed by atoms with Gasteiger partial charge in [-0.05, 0) is 39.7 Å². The molecule has 2 bridgehead atoms. The van der Waals surface area contributed by atoms with Gasteiger partial charge in [-0.1, -0.05) is 18.2 Å². The van der Waals surface area contributed by atoms with Crippen LogP contribution in [0, 0.1) is 6.92 Å². The maximum atomic E-state index is 13.8. The molecule has 0 spiro atoms. The van der Waals surface area contributed by atoms with Crippen LogP contribution in [-0.4, -0.2) is 42.6 Å². The van der Waals surface area contributed by atoms with E-state index >= 15 is 0 Å². The number of carbonyl (C=O) groups excluding carboxylic acids is 1. The third-order valence-corrected chi connectivity index (χ3v) is 6.94. The van der Waals surface area contributed by atoms with Crippen molar-refractivity contribution in [3.8, 4) is 0 Å². The zero-order chi connectivity index (χ0) is 22.6. The predicted molar refractivity (Wildman–Crippen MR) is 121 cm³/mol. The molecule has 1 fully saturated rings. The van der Waals surface area contributed by atoms with Crippen LogP contribution in [0.5, 0.6) is 0 Å².